The van der Waals surface area contributed by atoms with Crippen molar-refractivity contribution < 1.29 is 14.0 Å². The van der Waals surface area contributed by atoms with E-state index in [-0.39, 0.29) is 17.8 Å². The summed E-state index contributed by atoms with van der Waals surface area (Å²) >= 11 is 0. The number of aryl methyl sites for hydroxylation is 1. The van der Waals surface area contributed by atoms with E-state index < -0.39 is 0 Å². The Morgan fingerprint density at radius 3 is 2.26 bits per heavy atom. The minimum absolute atomic E-state index is 0.00331. The lowest BCUT2D eigenvalue weighted by Gasteiger charge is -2.22. The molecule has 0 bridgehead atoms. The third kappa shape index (κ3) is 5.06. The Hall–Kier alpha value is -2.89. The largest absolute Gasteiger partial charge is 0.337 e. The molecule has 1 fully saturated rings. The van der Waals surface area contributed by atoms with Gasteiger partial charge in [0.05, 0.1) is 0 Å². The number of rotatable bonds is 3. The van der Waals surface area contributed by atoms with Crippen molar-refractivity contribution in [3.63, 3.8) is 0 Å². The summed E-state index contributed by atoms with van der Waals surface area (Å²) in [7, 11) is 0. The van der Waals surface area contributed by atoms with Gasteiger partial charge < -0.3 is 15.1 Å². The fourth-order valence-electron chi connectivity index (χ4n) is 3.09. The number of carbonyl (C=O) groups is 2. The Labute approximate surface area is 158 Å². The molecule has 0 aliphatic carbocycles. The molecule has 6 heteroatoms. The van der Waals surface area contributed by atoms with Crippen LogP contribution in [-0.2, 0) is 6.54 Å². The highest BCUT2D eigenvalue weighted by Crippen LogP contribution is 2.11. The van der Waals surface area contributed by atoms with Gasteiger partial charge in [0.2, 0.25) is 0 Å². The zero-order valence-electron chi connectivity index (χ0n) is 15.5. The van der Waals surface area contributed by atoms with Crippen LogP contribution in [0.1, 0.15) is 27.9 Å². The smallest absolute Gasteiger partial charge is 0.317 e. The van der Waals surface area contributed by atoms with Crippen molar-refractivity contribution in [3.8, 4) is 0 Å². The molecule has 1 aliphatic heterocycles. The van der Waals surface area contributed by atoms with Gasteiger partial charge >= 0.3 is 6.03 Å². The molecule has 0 unspecified atom stereocenters. The molecule has 5 nitrogen and oxygen atoms in total. The maximum Gasteiger partial charge on any atom is 0.317 e. The highest BCUT2D eigenvalue weighted by Gasteiger charge is 2.22. The fourth-order valence-corrected chi connectivity index (χ4v) is 3.09. The van der Waals surface area contributed by atoms with Gasteiger partial charge in [0, 0.05) is 38.3 Å². The first kappa shape index (κ1) is 18.9. The second kappa shape index (κ2) is 8.66. The monoisotopic (exact) mass is 369 g/mol. The van der Waals surface area contributed by atoms with Crippen LogP contribution < -0.4 is 5.32 Å². The molecule has 0 spiro atoms. The summed E-state index contributed by atoms with van der Waals surface area (Å²) in [5.74, 6) is -0.292. The molecule has 1 heterocycles. The van der Waals surface area contributed by atoms with Gasteiger partial charge in [-0.05, 0) is 43.2 Å². The van der Waals surface area contributed by atoms with Crippen LogP contribution in [0, 0.1) is 12.7 Å². The summed E-state index contributed by atoms with van der Waals surface area (Å²) in [4.78, 5) is 28.6. The first-order chi connectivity index (χ1) is 13.0. The number of hydrogen-bond acceptors (Lipinski definition) is 2. The van der Waals surface area contributed by atoms with Gasteiger partial charge in [-0.1, -0.05) is 29.8 Å². The van der Waals surface area contributed by atoms with Gasteiger partial charge in [-0.2, -0.15) is 0 Å². The fraction of sp³-hybridized carbons (Fsp3) is 0.333. The molecule has 2 aromatic carbocycles. The lowest BCUT2D eigenvalue weighted by Crippen LogP contribution is -2.42. The quantitative estimate of drug-likeness (QED) is 0.903. The van der Waals surface area contributed by atoms with E-state index in [4.69, 9.17) is 0 Å². The predicted molar refractivity (Wildman–Crippen MR) is 102 cm³/mol. The van der Waals surface area contributed by atoms with E-state index in [1.54, 1.807) is 21.9 Å². The summed E-state index contributed by atoms with van der Waals surface area (Å²) in [5, 5.41) is 2.86. The zero-order chi connectivity index (χ0) is 19.2. The van der Waals surface area contributed by atoms with E-state index >= 15 is 0 Å². The summed E-state index contributed by atoms with van der Waals surface area (Å²) < 4.78 is 12.9. The third-order valence-corrected chi connectivity index (χ3v) is 4.73. The molecule has 1 N–H and O–H groups in total. The lowest BCUT2D eigenvalue weighted by molar-refractivity contribution is 0.0762. The zero-order valence-corrected chi connectivity index (χ0v) is 15.5. The molecule has 27 heavy (non-hydrogen) atoms. The highest BCUT2D eigenvalue weighted by molar-refractivity contribution is 5.94. The maximum absolute atomic E-state index is 12.9. The number of benzene rings is 2. The Bertz CT molecular complexity index is 790. The lowest BCUT2D eigenvalue weighted by atomic mass is 10.1. The van der Waals surface area contributed by atoms with Crippen LogP contribution in [0.3, 0.4) is 0 Å². The van der Waals surface area contributed by atoms with Crippen molar-refractivity contribution in [2.75, 3.05) is 26.2 Å². The molecule has 3 rings (SSSR count). The summed E-state index contributed by atoms with van der Waals surface area (Å²) in [6.07, 6.45) is 0.738. The number of nitrogens with zero attached hydrogens (tertiary/aromatic N) is 2. The number of urea groups is 1. The molecule has 0 saturated carbocycles. The Balaban J connectivity index is 1.52. The van der Waals surface area contributed by atoms with Crippen LogP contribution >= 0.6 is 0 Å². The molecule has 1 aliphatic rings. The van der Waals surface area contributed by atoms with Crippen molar-refractivity contribution in [1.82, 2.24) is 15.1 Å². The van der Waals surface area contributed by atoms with Crippen molar-refractivity contribution in [3.05, 3.63) is 71.0 Å². The minimum atomic E-state index is -0.295. The van der Waals surface area contributed by atoms with Gasteiger partial charge in [0.25, 0.3) is 5.91 Å². The average Bonchev–Trinajstić information content (AvgIpc) is 2.94. The molecular formula is C21H24FN3O2. The number of nitrogens with one attached hydrogen (secondary N) is 1. The van der Waals surface area contributed by atoms with Crippen LogP contribution in [-0.4, -0.2) is 47.9 Å². The maximum atomic E-state index is 12.9. The standard InChI is InChI=1S/C21H24FN3O2/c1-16-3-7-18(8-4-16)20(26)24-11-2-12-25(14-13-24)21(27)23-15-17-5-9-19(22)10-6-17/h3-10H,2,11-15H2,1H3,(H,23,27). The van der Waals surface area contributed by atoms with Crippen molar-refractivity contribution >= 4 is 11.9 Å². The van der Waals surface area contributed by atoms with E-state index in [1.165, 1.54) is 12.1 Å². The van der Waals surface area contributed by atoms with Crippen molar-refractivity contribution in [2.24, 2.45) is 0 Å². The average molecular weight is 369 g/mol. The van der Waals surface area contributed by atoms with Crippen LogP contribution in [0.4, 0.5) is 9.18 Å². The van der Waals surface area contributed by atoms with E-state index in [0.29, 0.717) is 38.3 Å². The Morgan fingerprint density at radius 1 is 0.926 bits per heavy atom. The van der Waals surface area contributed by atoms with E-state index in [1.807, 2.05) is 31.2 Å². The summed E-state index contributed by atoms with van der Waals surface area (Å²) in [6, 6.07) is 13.4. The molecule has 0 aromatic heterocycles. The number of amides is 3. The molecule has 1 saturated heterocycles. The third-order valence-electron chi connectivity index (χ3n) is 4.73. The van der Waals surface area contributed by atoms with Crippen LogP contribution in [0.25, 0.3) is 0 Å². The van der Waals surface area contributed by atoms with E-state index in [2.05, 4.69) is 5.32 Å². The predicted octanol–water partition coefficient (Wildman–Crippen LogP) is 3.19. The van der Waals surface area contributed by atoms with Gasteiger partial charge in [0.1, 0.15) is 5.82 Å². The van der Waals surface area contributed by atoms with Gasteiger partial charge in [0.15, 0.2) is 0 Å². The molecule has 3 amide bonds. The second-order valence-corrected chi connectivity index (χ2v) is 6.78. The molecular weight excluding hydrogens is 345 g/mol. The first-order valence-electron chi connectivity index (χ1n) is 9.16. The first-order valence-corrected chi connectivity index (χ1v) is 9.16. The van der Waals surface area contributed by atoms with E-state index in [9.17, 15) is 14.0 Å². The van der Waals surface area contributed by atoms with Gasteiger partial charge in [-0.15, -0.1) is 0 Å². The number of carbonyl (C=O) groups excluding carboxylic acids is 2. The highest BCUT2D eigenvalue weighted by atomic mass is 19.1. The van der Waals surface area contributed by atoms with Crippen LogP contribution in [0.15, 0.2) is 48.5 Å². The summed E-state index contributed by atoms with van der Waals surface area (Å²) in [5.41, 5.74) is 2.64. The van der Waals surface area contributed by atoms with Crippen LogP contribution in [0.2, 0.25) is 0 Å². The second-order valence-electron chi connectivity index (χ2n) is 6.78. The molecule has 0 atom stereocenters. The van der Waals surface area contributed by atoms with Gasteiger partial charge in [-0.3, -0.25) is 4.79 Å². The molecule has 2 aromatic rings. The minimum Gasteiger partial charge on any atom is -0.337 e. The molecule has 142 valence electrons. The van der Waals surface area contributed by atoms with E-state index in [0.717, 1.165) is 17.5 Å². The van der Waals surface area contributed by atoms with Crippen molar-refractivity contribution in [1.29, 1.82) is 0 Å². The van der Waals surface area contributed by atoms with Gasteiger partial charge in [-0.25, -0.2) is 9.18 Å². The van der Waals surface area contributed by atoms with Crippen molar-refractivity contribution in [2.45, 2.75) is 19.9 Å². The topological polar surface area (TPSA) is 52.7 Å². The normalized spacial score (nSPS) is 14.6. The number of halogens is 1. The summed E-state index contributed by atoms with van der Waals surface area (Å²) in [6.45, 7) is 4.58. The van der Waals surface area contributed by atoms with Crippen LogP contribution in [0.5, 0.6) is 0 Å². The SMILES string of the molecule is Cc1ccc(C(=O)N2CCCN(C(=O)NCc3ccc(F)cc3)CC2)cc1. The molecule has 0 radical (unpaired) electrons. The Morgan fingerprint density at radius 2 is 1.56 bits per heavy atom. The Kier molecular flexibility index (Phi) is 6.06. The number of hydrogen-bond donors (Lipinski definition) is 1.